The number of Topliss-reactive ketones (excluding diaryl/α,β-unsaturated/α-hetero) is 1. The zero-order valence-corrected chi connectivity index (χ0v) is 25.1. The molecular formula is C35H38N4O5. The highest BCUT2D eigenvalue weighted by Gasteiger charge is 2.30. The number of aromatic nitrogens is 3. The fourth-order valence-electron chi connectivity index (χ4n) is 6.31. The average molecular weight is 595 g/mol. The number of hydrogen-bond acceptors (Lipinski definition) is 8. The van der Waals surface area contributed by atoms with Crippen molar-refractivity contribution in [2.75, 3.05) is 19.7 Å². The largest absolute Gasteiger partial charge is 0.473 e. The first-order valence-corrected chi connectivity index (χ1v) is 15.7. The molecule has 4 aromatic rings. The van der Waals surface area contributed by atoms with Gasteiger partial charge in [-0.15, -0.1) is 0 Å². The van der Waals surface area contributed by atoms with Crippen LogP contribution >= 0.6 is 0 Å². The maximum absolute atomic E-state index is 12.4. The van der Waals surface area contributed by atoms with Crippen LogP contribution in [0.4, 0.5) is 0 Å². The van der Waals surface area contributed by atoms with E-state index in [9.17, 15) is 9.59 Å². The normalized spacial score (nSPS) is 19.1. The van der Waals surface area contributed by atoms with E-state index in [1.54, 1.807) is 6.07 Å². The molecule has 4 heterocycles. The summed E-state index contributed by atoms with van der Waals surface area (Å²) in [6, 6.07) is 17.6. The van der Waals surface area contributed by atoms with Crippen molar-refractivity contribution in [2.45, 2.75) is 70.7 Å². The van der Waals surface area contributed by atoms with Crippen LogP contribution in [-0.2, 0) is 29.2 Å². The van der Waals surface area contributed by atoms with Crippen molar-refractivity contribution < 1.29 is 23.8 Å². The van der Waals surface area contributed by atoms with Gasteiger partial charge in [0.1, 0.15) is 18.2 Å². The third-order valence-corrected chi connectivity index (χ3v) is 9.23. The lowest BCUT2D eigenvalue weighted by Gasteiger charge is -2.32. The number of ketones is 1. The first-order chi connectivity index (χ1) is 21.5. The van der Waals surface area contributed by atoms with Gasteiger partial charge in [-0.3, -0.25) is 14.5 Å². The summed E-state index contributed by atoms with van der Waals surface area (Å²) >= 11 is 0. The molecule has 0 spiro atoms. The van der Waals surface area contributed by atoms with Crippen LogP contribution in [0.15, 0.2) is 54.6 Å². The van der Waals surface area contributed by atoms with Gasteiger partial charge in [-0.2, -0.15) is 0 Å². The molecule has 9 nitrogen and oxygen atoms in total. The zero-order valence-electron chi connectivity index (χ0n) is 25.1. The highest BCUT2D eigenvalue weighted by atomic mass is 16.5. The van der Waals surface area contributed by atoms with Crippen molar-refractivity contribution in [3.63, 3.8) is 0 Å². The first kappa shape index (κ1) is 28.7. The second-order valence-corrected chi connectivity index (χ2v) is 12.3. The SMILES string of the molecule is Cc1cc(C(=O)C2CC2)ccc1COc1cccc(C2CCN(Cc3nc4ccc(OC=O)cc4n3C[C@@H]3CCO3)CC2)n1. The summed E-state index contributed by atoms with van der Waals surface area (Å²) in [7, 11) is 0. The number of carbonyl (C=O) groups is 2. The van der Waals surface area contributed by atoms with Gasteiger partial charge in [-0.1, -0.05) is 18.2 Å². The average Bonchev–Trinajstić information content (AvgIpc) is 3.82. The van der Waals surface area contributed by atoms with Crippen LogP contribution in [0.1, 0.15) is 71.0 Å². The molecule has 0 N–H and O–H groups in total. The molecule has 2 aliphatic heterocycles. The molecule has 3 fully saturated rings. The second kappa shape index (κ2) is 12.5. The summed E-state index contributed by atoms with van der Waals surface area (Å²) in [6.07, 6.45) is 5.28. The van der Waals surface area contributed by atoms with Gasteiger partial charge >= 0.3 is 0 Å². The smallest absolute Gasteiger partial charge is 0.298 e. The third-order valence-electron chi connectivity index (χ3n) is 9.23. The third kappa shape index (κ3) is 6.25. The fourth-order valence-corrected chi connectivity index (χ4v) is 6.31. The van der Waals surface area contributed by atoms with Crippen molar-refractivity contribution in [2.24, 2.45) is 5.92 Å². The number of pyridine rings is 1. The molecule has 2 aromatic carbocycles. The molecule has 2 saturated heterocycles. The number of aryl methyl sites for hydroxylation is 1. The van der Waals surface area contributed by atoms with Gasteiger partial charge in [0, 0.05) is 41.8 Å². The number of carbonyl (C=O) groups excluding carboxylic acids is 2. The van der Waals surface area contributed by atoms with Gasteiger partial charge in [0.25, 0.3) is 6.47 Å². The van der Waals surface area contributed by atoms with Gasteiger partial charge < -0.3 is 18.8 Å². The number of fused-ring (bicyclic) bond motifs is 1. The predicted molar refractivity (Wildman–Crippen MR) is 165 cm³/mol. The second-order valence-electron chi connectivity index (χ2n) is 12.3. The van der Waals surface area contributed by atoms with Crippen molar-refractivity contribution in [3.05, 3.63) is 82.8 Å². The summed E-state index contributed by atoms with van der Waals surface area (Å²) in [5, 5.41) is 0. The Labute approximate surface area is 257 Å². The van der Waals surface area contributed by atoms with Gasteiger partial charge in [-0.05, 0) is 87.5 Å². The van der Waals surface area contributed by atoms with E-state index >= 15 is 0 Å². The molecule has 0 amide bonds. The Kier molecular flexibility index (Phi) is 8.14. The van der Waals surface area contributed by atoms with Gasteiger partial charge in [0.15, 0.2) is 5.78 Å². The minimum Gasteiger partial charge on any atom is -0.473 e. The first-order valence-electron chi connectivity index (χ1n) is 15.7. The van der Waals surface area contributed by atoms with E-state index in [4.69, 9.17) is 24.2 Å². The topological polar surface area (TPSA) is 95.8 Å². The Morgan fingerprint density at radius 1 is 1.02 bits per heavy atom. The number of rotatable bonds is 12. The molecule has 1 aliphatic carbocycles. The molecule has 0 radical (unpaired) electrons. The lowest BCUT2D eigenvalue weighted by atomic mass is 9.93. The van der Waals surface area contributed by atoms with Crippen molar-refractivity contribution in [1.29, 1.82) is 0 Å². The quantitative estimate of drug-likeness (QED) is 0.154. The molecule has 2 aromatic heterocycles. The zero-order chi connectivity index (χ0) is 30.0. The van der Waals surface area contributed by atoms with Crippen LogP contribution in [0.2, 0.25) is 0 Å². The minimum atomic E-state index is 0.188. The summed E-state index contributed by atoms with van der Waals surface area (Å²) in [5.41, 5.74) is 5.88. The highest BCUT2D eigenvalue weighted by molar-refractivity contribution is 5.99. The summed E-state index contributed by atoms with van der Waals surface area (Å²) in [5.74, 6) is 3.02. The maximum Gasteiger partial charge on any atom is 0.298 e. The molecule has 0 unspecified atom stereocenters. The van der Waals surface area contributed by atoms with Crippen molar-refractivity contribution in [1.82, 2.24) is 19.4 Å². The molecule has 3 aliphatic rings. The summed E-state index contributed by atoms with van der Waals surface area (Å²) in [4.78, 5) is 35.6. The number of benzene rings is 2. The van der Waals surface area contributed by atoms with Crippen LogP contribution in [0, 0.1) is 12.8 Å². The van der Waals surface area contributed by atoms with Crippen molar-refractivity contribution >= 4 is 23.3 Å². The Morgan fingerprint density at radius 3 is 2.59 bits per heavy atom. The van der Waals surface area contributed by atoms with Gasteiger partial charge in [-0.25, -0.2) is 9.97 Å². The predicted octanol–water partition coefficient (Wildman–Crippen LogP) is 5.62. The van der Waals surface area contributed by atoms with E-state index in [0.29, 0.717) is 30.6 Å². The molecule has 44 heavy (non-hydrogen) atoms. The molecule has 0 bridgehead atoms. The number of imidazole rings is 1. The van der Waals surface area contributed by atoms with Gasteiger partial charge in [0.2, 0.25) is 5.88 Å². The Hall–Kier alpha value is -4.08. The standard InChI is InChI=1S/C35H38N4O5/c1-23-17-26(35(41)25-5-6-25)7-8-27(23)21-43-34-4-2-3-30(37-34)24-11-14-38(15-12-24)20-33-36-31-10-9-28(44-22-40)18-32(31)39(33)19-29-13-16-42-29/h2-4,7-10,17-18,22,24-25,29H,5-6,11-16,19-21H2,1H3/t29-/m0/s1. The molecular weight excluding hydrogens is 556 g/mol. The van der Waals surface area contributed by atoms with Crippen LogP contribution in [0.5, 0.6) is 11.6 Å². The van der Waals surface area contributed by atoms with E-state index in [-0.39, 0.29) is 17.8 Å². The monoisotopic (exact) mass is 594 g/mol. The fraction of sp³-hybridized carbons (Fsp3) is 0.429. The van der Waals surface area contributed by atoms with E-state index in [1.165, 1.54) is 0 Å². The minimum absolute atomic E-state index is 0.188. The van der Waals surface area contributed by atoms with E-state index in [2.05, 4.69) is 15.5 Å². The molecule has 228 valence electrons. The van der Waals surface area contributed by atoms with Gasteiger partial charge in [0.05, 0.1) is 30.2 Å². The summed E-state index contributed by atoms with van der Waals surface area (Å²) in [6.45, 7) is 7.11. The molecule has 9 heteroatoms. The number of ether oxygens (including phenoxy) is 3. The van der Waals surface area contributed by atoms with E-state index < -0.39 is 0 Å². The number of likely N-dealkylation sites (tertiary alicyclic amines) is 1. The van der Waals surface area contributed by atoms with Crippen molar-refractivity contribution in [3.8, 4) is 11.6 Å². The lowest BCUT2D eigenvalue weighted by molar-refractivity contribution is -0.120. The molecule has 7 rings (SSSR count). The highest BCUT2D eigenvalue weighted by Crippen LogP contribution is 2.33. The van der Waals surface area contributed by atoms with Crippen LogP contribution in [-0.4, -0.2) is 57.5 Å². The Morgan fingerprint density at radius 2 is 1.86 bits per heavy atom. The Bertz CT molecular complexity index is 1670. The van der Waals surface area contributed by atoms with Crippen LogP contribution in [0.25, 0.3) is 11.0 Å². The van der Waals surface area contributed by atoms with E-state index in [1.807, 2.05) is 49.4 Å². The van der Waals surface area contributed by atoms with E-state index in [0.717, 1.165) is 104 Å². The number of piperidine rings is 1. The van der Waals surface area contributed by atoms with Crippen LogP contribution < -0.4 is 9.47 Å². The van der Waals surface area contributed by atoms with Crippen LogP contribution in [0.3, 0.4) is 0 Å². The Balaban J connectivity index is 0.974. The number of hydrogen-bond donors (Lipinski definition) is 0. The molecule has 1 atom stereocenters. The lowest BCUT2D eigenvalue weighted by Crippen LogP contribution is -2.35. The number of nitrogens with zero attached hydrogens (tertiary/aromatic N) is 4. The summed E-state index contributed by atoms with van der Waals surface area (Å²) < 4.78 is 19.2. The maximum atomic E-state index is 12.4. The molecule has 1 saturated carbocycles.